The first-order valence-electron chi connectivity index (χ1n) is 3.55. The van der Waals surface area contributed by atoms with Crippen molar-refractivity contribution in [2.75, 3.05) is 6.61 Å². The zero-order valence-corrected chi connectivity index (χ0v) is 6.44. The number of ether oxygens (including phenoxy) is 1. The van der Waals surface area contributed by atoms with Gasteiger partial charge in [0.25, 0.3) is 0 Å². The van der Waals surface area contributed by atoms with E-state index in [9.17, 15) is 4.79 Å². The quantitative estimate of drug-likeness (QED) is 0.553. The Kier molecular flexibility index (Phi) is 2.10. The van der Waals surface area contributed by atoms with E-state index in [0.29, 0.717) is 0 Å². The Balaban J connectivity index is 2.78. The molecule has 10 heavy (non-hydrogen) atoms. The maximum Gasteiger partial charge on any atom is 0.159 e. The highest BCUT2D eigenvalue weighted by atomic mass is 16.5. The first-order valence-corrected chi connectivity index (χ1v) is 3.55. The van der Waals surface area contributed by atoms with Crippen LogP contribution in [0.2, 0.25) is 0 Å². The van der Waals surface area contributed by atoms with Crippen LogP contribution in [0.5, 0.6) is 0 Å². The summed E-state index contributed by atoms with van der Waals surface area (Å²) in [6.45, 7) is 4.21. The third-order valence-electron chi connectivity index (χ3n) is 1.74. The lowest BCUT2D eigenvalue weighted by Crippen LogP contribution is -2.09. The third kappa shape index (κ3) is 1.38. The van der Waals surface area contributed by atoms with E-state index < -0.39 is 0 Å². The molecule has 0 fully saturated rings. The Hall–Kier alpha value is -0.790. The second kappa shape index (κ2) is 2.86. The van der Waals surface area contributed by atoms with E-state index in [1.165, 1.54) is 0 Å². The van der Waals surface area contributed by atoms with Crippen LogP contribution in [-0.2, 0) is 9.53 Å². The Morgan fingerprint density at radius 1 is 1.60 bits per heavy atom. The van der Waals surface area contributed by atoms with Crippen molar-refractivity contribution in [1.29, 1.82) is 0 Å². The van der Waals surface area contributed by atoms with Gasteiger partial charge in [-0.05, 0) is 26.7 Å². The molecular formula is C8H12O2. The van der Waals surface area contributed by atoms with Gasteiger partial charge in [-0.25, -0.2) is 0 Å². The molecule has 1 rings (SSSR count). The van der Waals surface area contributed by atoms with E-state index in [-0.39, 0.29) is 5.78 Å². The smallest absolute Gasteiger partial charge is 0.159 e. The number of allylic oxidation sites excluding steroid dienone is 2. The Bertz CT molecular complexity index is 180. The third-order valence-corrected chi connectivity index (χ3v) is 1.74. The van der Waals surface area contributed by atoms with Gasteiger partial charge in [0.2, 0.25) is 0 Å². The molecule has 2 nitrogen and oxygen atoms in total. The summed E-state index contributed by atoms with van der Waals surface area (Å²) in [5, 5.41) is 0. The van der Waals surface area contributed by atoms with Crippen LogP contribution in [0.4, 0.5) is 0 Å². The largest absolute Gasteiger partial charge is 0.498 e. The number of Topliss-reactive ketones (excluding diaryl/α,β-unsaturated/α-hetero) is 1. The average molecular weight is 140 g/mol. The zero-order valence-electron chi connectivity index (χ0n) is 6.44. The van der Waals surface area contributed by atoms with Gasteiger partial charge in [0.15, 0.2) is 5.78 Å². The molecule has 0 amide bonds. The van der Waals surface area contributed by atoms with Crippen LogP contribution < -0.4 is 0 Å². The summed E-state index contributed by atoms with van der Waals surface area (Å²) in [6.07, 6.45) is 1.87. The van der Waals surface area contributed by atoms with Gasteiger partial charge >= 0.3 is 0 Å². The van der Waals surface area contributed by atoms with Crippen LogP contribution in [0, 0.1) is 0 Å². The summed E-state index contributed by atoms with van der Waals surface area (Å²) in [5.74, 6) is 0.968. The van der Waals surface area contributed by atoms with Crippen LogP contribution in [0.1, 0.15) is 26.7 Å². The molecule has 0 N–H and O–H groups in total. The van der Waals surface area contributed by atoms with Crippen LogP contribution in [-0.4, -0.2) is 12.4 Å². The van der Waals surface area contributed by atoms with Gasteiger partial charge in [0, 0.05) is 5.57 Å². The van der Waals surface area contributed by atoms with E-state index in [2.05, 4.69) is 0 Å². The van der Waals surface area contributed by atoms with Crippen LogP contribution >= 0.6 is 0 Å². The molecule has 0 saturated heterocycles. The van der Waals surface area contributed by atoms with Gasteiger partial charge in [-0.3, -0.25) is 4.79 Å². The van der Waals surface area contributed by atoms with Crippen molar-refractivity contribution in [2.24, 2.45) is 0 Å². The minimum absolute atomic E-state index is 0.150. The minimum atomic E-state index is 0.150. The predicted molar refractivity (Wildman–Crippen MR) is 38.6 cm³/mol. The summed E-state index contributed by atoms with van der Waals surface area (Å²) in [4.78, 5) is 10.9. The molecule has 0 aliphatic carbocycles. The topological polar surface area (TPSA) is 26.3 Å². The van der Waals surface area contributed by atoms with Gasteiger partial charge in [-0.15, -0.1) is 0 Å². The molecule has 0 saturated carbocycles. The van der Waals surface area contributed by atoms with Gasteiger partial charge in [-0.1, -0.05) is 0 Å². The second-order valence-corrected chi connectivity index (χ2v) is 2.54. The molecule has 0 unspecified atom stereocenters. The molecule has 0 spiro atoms. The van der Waals surface area contributed by atoms with Crippen LogP contribution in [0.3, 0.4) is 0 Å². The van der Waals surface area contributed by atoms with E-state index in [1.54, 1.807) is 6.92 Å². The molecule has 1 aliphatic rings. The van der Waals surface area contributed by atoms with Gasteiger partial charge in [-0.2, -0.15) is 0 Å². The standard InChI is InChI=1S/C8H12O2/c1-6(9)8-4-3-5-10-7(8)2/h3-5H2,1-2H3. The van der Waals surface area contributed by atoms with Gasteiger partial charge in [0.05, 0.1) is 12.4 Å². The lowest BCUT2D eigenvalue weighted by Gasteiger charge is -2.16. The average Bonchev–Trinajstić information content (AvgIpc) is 1.88. The summed E-state index contributed by atoms with van der Waals surface area (Å²) in [5.41, 5.74) is 0.867. The number of hydrogen-bond acceptors (Lipinski definition) is 2. The monoisotopic (exact) mass is 140 g/mol. The highest BCUT2D eigenvalue weighted by Gasteiger charge is 2.13. The van der Waals surface area contributed by atoms with Crippen molar-refractivity contribution in [1.82, 2.24) is 0 Å². The van der Waals surface area contributed by atoms with Crippen molar-refractivity contribution < 1.29 is 9.53 Å². The zero-order chi connectivity index (χ0) is 7.56. The van der Waals surface area contributed by atoms with Crippen molar-refractivity contribution in [3.8, 4) is 0 Å². The molecule has 0 aromatic carbocycles. The SMILES string of the molecule is CC(=O)C1=C(C)OCCC1. The number of rotatable bonds is 1. The lowest BCUT2D eigenvalue weighted by molar-refractivity contribution is -0.114. The van der Waals surface area contributed by atoms with Gasteiger partial charge in [0.1, 0.15) is 0 Å². The molecule has 0 aromatic heterocycles. The maximum absolute atomic E-state index is 10.9. The van der Waals surface area contributed by atoms with E-state index in [4.69, 9.17) is 4.74 Å². The molecule has 0 atom stereocenters. The highest BCUT2D eigenvalue weighted by molar-refractivity contribution is 5.93. The summed E-state index contributed by atoms with van der Waals surface area (Å²) < 4.78 is 5.21. The lowest BCUT2D eigenvalue weighted by atomic mass is 10.0. The molecule has 0 aromatic rings. The molecule has 1 heterocycles. The molecule has 0 bridgehead atoms. The van der Waals surface area contributed by atoms with Crippen molar-refractivity contribution >= 4 is 5.78 Å². The Morgan fingerprint density at radius 2 is 2.30 bits per heavy atom. The van der Waals surface area contributed by atoms with E-state index in [1.807, 2.05) is 6.92 Å². The first kappa shape index (κ1) is 7.32. The fourth-order valence-corrected chi connectivity index (χ4v) is 1.16. The molecule has 0 radical (unpaired) electrons. The number of ketones is 1. The predicted octanol–water partition coefficient (Wildman–Crippen LogP) is 1.66. The summed E-state index contributed by atoms with van der Waals surface area (Å²) in [6, 6.07) is 0. The number of hydrogen-bond donors (Lipinski definition) is 0. The minimum Gasteiger partial charge on any atom is -0.498 e. The fourth-order valence-electron chi connectivity index (χ4n) is 1.16. The normalized spacial score (nSPS) is 18.6. The summed E-state index contributed by atoms with van der Waals surface area (Å²) in [7, 11) is 0. The Labute approximate surface area is 60.9 Å². The Morgan fingerprint density at radius 3 is 2.70 bits per heavy atom. The van der Waals surface area contributed by atoms with Crippen molar-refractivity contribution in [2.45, 2.75) is 26.7 Å². The second-order valence-electron chi connectivity index (χ2n) is 2.54. The molecule has 2 heteroatoms. The van der Waals surface area contributed by atoms with Crippen molar-refractivity contribution in [3.63, 3.8) is 0 Å². The number of carbonyl (C=O) groups is 1. The molecular weight excluding hydrogens is 128 g/mol. The van der Waals surface area contributed by atoms with Crippen LogP contribution in [0.15, 0.2) is 11.3 Å². The van der Waals surface area contributed by atoms with Crippen LogP contribution in [0.25, 0.3) is 0 Å². The highest BCUT2D eigenvalue weighted by Crippen LogP contribution is 2.18. The summed E-state index contributed by atoms with van der Waals surface area (Å²) >= 11 is 0. The number of carbonyl (C=O) groups excluding carboxylic acids is 1. The fraction of sp³-hybridized carbons (Fsp3) is 0.625. The van der Waals surface area contributed by atoms with Gasteiger partial charge < -0.3 is 4.74 Å². The maximum atomic E-state index is 10.9. The van der Waals surface area contributed by atoms with Crippen molar-refractivity contribution in [3.05, 3.63) is 11.3 Å². The van der Waals surface area contributed by atoms with E-state index >= 15 is 0 Å². The molecule has 56 valence electrons. The first-order chi connectivity index (χ1) is 4.72. The van der Waals surface area contributed by atoms with E-state index in [0.717, 1.165) is 30.8 Å². The molecule has 1 aliphatic heterocycles.